The first-order chi connectivity index (χ1) is 14.6. The van der Waals surface area contributed by atoms with E-state index < -0.39 is 0 Å². The van der Waals surface area contributed by atoms with E-state index in [1.807, 2.05) is 25.2 Å². The van der Waals surface area contributed by atoms with E-state index in [-0.39, 0.29) is 11.8 Å². The predicted molar refractivity (Wildman–Crippen MR) is 118 cm³/mol. The highest BCUT2D eigenvalue weighted by atomic mass is 35.5. The molecule has 9 heteroatoms. The molecule has 0 spiro atoms. The maximum Gasteiger partial charge on any atom is 0.322 e. The van der Waals surface area contributed by atoms with Crippen molar-refractivity contribution in [2.75, 3.05) is 18.5 Å². The van der Waals surface area contributed by atoms with Gasteiger partial charge in [-0.3, -0.25) is 9.62 Å². The highest BCUT2D eigenvalue weighted by Gasteiger charge is 2.26. The van der Waals surface area contributed by atoms with E-state index in [1.54, 1.807) is 27.9 Å². The van der Waals surface area contributed by atoms with Crippen LogP contribution in [0.4, 0.5) is 14.9 Å². The van der Waals surface area contributed by atoms with Crippen LogP contribution in [-0.2, 0) is 13.0 Å². The molecule has 3 aromatic rings. The summed E-state index contributed by atoms with van der Waals surface area (Å²) in [6.45, 7) is 0.944. The van der Waals surface area contributed by atoms with Crippen LogP contribution in [0.15, 0.2) is 53.6 Å². The van der Waals surface area contributed by atoms with Crippen LogP contribution in [0, 0.1) is 5.82 Å². The lowest BCUT2D eigenvalue weighted by Gasteiger charge is -2.27. The topological polar surface area (TPSA) is 62.2 Å². The maximum atomic E-state index is 13.2. The number of amides is 2. The number of carbonyl (C=O) groups excluding carboxylic acids is 1. The van der Waals surface area contributed by atoms with E-state index in [9.17, 15) is 9.18 Å². The van der Waals surface area contributed by atoms with Gasteiger partial charge in [0.1, 0.15) is 5.82 Å². The average Bonchev–Trinajstić information content (AvgIpc) is 3.18. The van der Waals surface area contributed by atoms with Gasteiger partial charge in [0.2, 0.25) is 0 Å². The molecule has 2 N–H and O–H groups in total. The van der Waals surface area contributed by atoms with Crippen LogP contribution in [0.1, 0.15) is 17.7 Å². The number of benzene rings is 2. The Morgan fingerprint density at radius 1 is 1.27 bits per heavy atom. The second-order valence-corrected chi connectivity index (χ2v) is 8.33. The molecule has 0 saturated heterocycles. The molecule has 0 saturated carbocycles. The molecule has 4 rings (SSSR count). The Balaban J connectivity index is 1.48. The highest BCUT2D eigenvalue weighted by molar-refractivity contribution is 7.97. The second-order valence-electron chi connectivity index (χ2n) is 6.84. The minimum Gasteiger partial charge on any atom is -0.334 e. The van der Waals surface area contributed by atoms with E-state index in [2.05, 4.69) is 15.1 Å². The van der Waals surface area contributed by atoms with Gasteiger partial charge < -0.3 is 5.32 Å². The summed E-state index contributed by atoms with van der Waals surface area (Å²) in [6.07, 6.45) is 3.31. The van der Waals surface area contributed by atoms with Crippen molar-refractivity contribution in [2.45, 2.75) is 24.3 Å². The summed E-state index contributed by atoms with van der Waals surface area (Å²) in [4.78, 5) is 15.6. The number of halogens is 2. The number of hydrogen-bond donors (Lipinski definition) is 2. The molecule has 0 unspecified atom stereocenters. The second kappa shape index (κ2) is 9.07. The Morgan fingerprint density at radius 3 is 2.80 bits per heavy atom. The number of fused-ring (bicyclic) bond motifs is 1. The molecular weight excluding hydrogens is 425 g/mol. The van der Waals surface area contributed by atoms with Crippen molar-refractivity contribution >= 4 is 35.3 Å². The summed E-state index contributed by atoms with van der Waals surface area (Å²) < 4.78 is 18.0. The van der Waals surface area contributed by atoms with E-state index in [0.717, 1.165) is 40.4 Å². The third-order valence-electron chi connectivity index (χ3n) is 4.92. The zero-order valence-corrected chi connectivity index (χ0v) is 17.9. The molecule has 2 amide bonds. The third kappa shape index (κ3) is 4.30. The third-order valence-corrected chi connectivity index (χ3v) is 5.97. The smallest absolute Gasteiger partial charge is 0.322 e. The quantitative estimate of drug-likeness (QED) is 0.565. The lowest BCUT2D eigenvalue weighted by molar-refractivity contribution is 0.245. The van der Waals surface area contributed by atoms with Crippen LogP contribution in [0.2, 0.25) is 5.02 Å². The van der Waals surface area contributed by atoms with Gasteiger partial charge in [0, 0.05) is 23.0 Å². The fourth-order valence-electron chi connectivity index (χ4n) is 3.48. The van der Waals surface area contributed by atoms with Gasteiger partial charge in [0.05, 0.1) is 23.3 Å². The molecule has 156 valence electrons. The van der Waals surface area contributed by atoms with Crippen LogP contribution in [0.25, 0.3) is 5.69 Å². The number of carbonyl (C=O) groups is 1. The van der Waals surface area contributed by atoms with Gasteiger partial charge in [-0.2, -0.15) is 5.10 Å². The molecule has 1 aliphatic rings. The SMILES string of the molecule is CNSc1ccc(CNC(=O)N2CCCc3c2cnn3-c2ccc(F)cc2)c(Cl)c1. The first-order valence-corrected chi connectivity index (χ1v) is 10.8. The zero-order chi connectivity index (χ0) is 21.1. The average molecular weight is 446 g/mol. The van der Waals surface area contributed by atoms with Gasteiger partial charge in [-0.1, -0.05) is 17.7 Å². The monoisotopic (exact) mass is 445 g/mol. The highest BCUT2D eigenvalue weighted by Crippen LogP contribution is 2.29. The summed E-state index contributed by atoms with van der Waals surface area (Å²) in [5.74, 6) is -0.294. The van der Waals surface area contributed by atoms with Crippen LogP contribution in [0.3, 0.4) is 0 Å². The molecule has 0 fully saturated rings. The van der Waals surface area contributed by atoms with Crippen molar-refractivity contribution in [1.29, 1.82) is 0 Å². The number of nitrogens with one attached hydrogen (secondary N) is 2. The van der Waals surface area contributed by atoms with Gasteiger partial charge in [-0.25, -0.2) is 13.9 Å². The minimum atomic E-state index is -0.294. The fourth-order valence-corrected chi connectivity index (χ4v) is 4.35. The molecule has 6 nitrogen and oxygen atoms in total. The summed E-state index contributed by atoms with van der Waals surface area (Å²) in [5, 5.41) is 8.00. The molecule has 0 atom stereocenters. The van der Waals surface area contributed by atoms with Crippen molar-refractivity contribution < 1.29 is 9.18 Å². The summed E-state index contributed by atoms with van der Waals surface area (Å²) in [7, 11) is 1.85. The summed E-state index contributed by atoms with van der Waals surface area (Å²) in [6, 6.07) is 11.7. The van der Waals surface area contributed by atoms with Crippen LogP contribution in [0.5, 0.6) is 0 Å². The summed E-state index contributed by atoms with van der Waals surface area (Å²) >= 11 is 7.83. The number of nitrogens with zero attached hydrogens (tertiary/aromatic N) is 3. The molecular formula is C21H21ClFN5OS. The van der Waals surface area contributed by atoms with E-state index in [0.29, 0.717) is 18.1 Å². The molecule has 0 aliphatic carbocycles. The molecule has 30 heavy (non-hydrogen) atoms. The molecule has 2 aromatic carbocycles. The standard InChI is InChI=1S/C21H21ClFN5OS/c1-24-30-17-9-4-14(18(22)11-17)12-25-21(29)27-10-2-3-19-20(27)13-26-28(19)16-7-5-15(23)6-8-16/h4-9,11,13,24H,2-3,10,12H2,1H3,(H,25,29). The van der Waals surface area contributed by atoms with Crippen molar-refractivity contribution in [1.82, 2.24) is 19.8 Å². The Morgan fingerprint density at radius 2 is 2.07 bits per heavy atom. The Hall–Kier alpha value is -2.55. The molecule has 2 heterocycles. The van der Waals surface area contributed by atoms with Crippen LogP contribution in [-0.4, -0.2) is 29.4 Å². The summed E-state index contributed by atoms with van der Waals surface area (Å²) in [5.41, 5.74) is 3.33. The number of hydrogen-bond acceptors (Lipinski definition) is 4. The van der Waals surface area contributed by atoms with Crippen LogP contribution < -0.4 is 14.9 Å². The van der Waals surface area contributed by atoms with Gasteiger partial charge in [-0.15, -0.1) is 0 Å². The minimum absolute atomic E-state index is 0.195. The Bertz CT molecular complexity index is 1060. The van der Waals surface area contributed by atoms with Gasteiger partial charge in [0.25, 0.3) is 0 Å². The first kappa shape index (κ1) is 20.7. The molecule has 1 aromatic heterocycles. The Kier molecular flexibility index (Phi) is 6.26. The van der Waals surface area contributed by atoms with Gasteiger partial charge >= 0.3 is 6.03 Å². The van der Waals surface area contributed by atoms with E-state index >= 15 is 0 Å². The normalized spacial score (nSPS) is 13.2. The van der Waals surface area contributed by atoms with Crippen LogP contribution >= 0.6 is 23.5 Å². The van der Waals surface area contributed by atoms with E-state index in [4.69, 9.17) is 11.6 Å². The predicted octanol–water partition coefficient (Wildman–Crippen LogP) is 4.55. The van der Waals surface area contributed by atoms with Crippen molar-refractivity contribution in [3.8, 4) is 5.69 Å². The molecule has 1 aliphatic heterocycles. The fraction of sp³-hybridized carbons (Fsp3) is 0.238. The van der Waals surface area contributed by atoms with Gasteiger partial charge in [0.15, 0.2) is 0 Å². The number of urea groups is 1. The van der Waals surface area contributed by atoms with Gasteiger partial charge in [-0.05, 0) is 73.8 Å². The molecule has 0 radical (unpaired) electrons. The van der Waals surface area contributed by atoms with Crippen molar-refractivity contribution in [3.05, 3.63) is 70.8 Å². The lowest BCUT2D eigenvalue weighted by atomic mass is 10.1. The van der Waals surface area contributed by atoms with Crippen molar-refractivity contribution in [2.24, 2.45) is 0 Å². The zero-order valence-electron chi connectivity index (χ0n) is 16.4. The number of aromatic nitrogens is 2. The van der Waals surface area contributed by atoms with E-state index in [1.165, 1.54) is 24.1 Å². The maximum absolute atomic E-state index is 13.2. The number of anilines is 1. The molecule has 0 bridgehead atoms. The number of rotatable bonds is 5. The largest absolute Gasteiger partial charge is 0.334 e. The lowest BCUT2D eigenvalue weighted by Crippen LogP contribution is -2.42. The van der Waals surface area contributed by atoms with Crippen molar-refractivity contribution in [3.63, 3.8) is 0 Å². The Labute approximate surface area is 183 Å². The first-order valence-electron chi connectivity index (χ1n) is 9.57.